The zero-order chi connectivity index (χ0) is 21.7. The summed E-state index contributed by atoms with van der Waals surface area (Å²) in [7, 11) is 1.62. The molecule has 5 nitrogen and oxygen atoms in total. The first-order valence-corrected chi connectivity index (χ1v) is 10.7. The molecule has 0 saturated carbocycles. The van der Waals surface area contributed by atoms with Gasteiger partial charge >= 0.3 is 0 Å². The lowest BCUT2D eigenvalue weighted by Gasteiger charge is -2.30. The van der Waals surface area contributed by atoms with E-state index in [1.54, 1.807) is 19.2 Å². The topological polar surface area (TPSA) is 47.2 Å². The lowest BCUT2D eigenvalue weighted by Crippen LogP contribution is -3.28. The summed E-state index contributed by atoms with van der Waals surface area (Å²) in [6, 6.07) is 11.0. The SMILES string of the molecule is COc1ccc(F)cc1C[NH+]1CC[NH+](CC(=O)N[C@H](C)c2ccc(C)c(C)c2)CC1. The summed E-state index contributed by atoms with van der Waals surface area (Å²) in [5.41, 5.74) is 4.54. The number of halogens is 1. The van der Waals surface area contributed by atoms with Crippen LogP contribution in [0.5, 0.6) is 5.75 Å². The number of rotatable bonds is 7. The van der Waals surface area contributed by atoms with Gasteiger partial charge in [0, 0.05) is 0 Å². The highest BCUT2D eigenvalue weighted by Gasteiger charge is 2.26. The smallest absolute Gasteiger partial charge is 0.275 e. The van der Waals surface area contributed by atoms with Gasteiger partial charge in [0.25, 0.3) is 5.91 Å². The summed E-state index contributed by atoms with van der Waals surface area (Å²) >= 11 is 0. The van der Waals surface area contributed by atoms with Gasteiger partial charge in [0.05, 0.1) is 18.7 Å². The fourth-order valence-corrected chi connectivity index (χ4v) is 4.10. The Morgan fingerprint density at radius 2 is 1.77 bits per heavy atom. The molecule has 0 bridgehead atoms. The lowest BCUT2D eigenvalue weighted by atomic mass is 10.0. The number of carbonyl (C=O) groups excluding carboxylic acids is 1. The number of hydrogen-bond acceptors (Lipinski definition) is 2. The van der Waals surface area contributed by atoms with Gasteiger partial charge in [-0.2, -0.15) is 0 Å². The fraction of sp³-hybridized carbons (Fsp3) is 0.458. The molecule has 1 amide bonds. The Kier molecular flexibility index (Phi) is 7.45. The van der Waals surface area contributed by atoms with Crippen LogP contribution in [0, 0.1) is 19.7 Å². The van der Waals surface area contributed by atoms with Crippen LogP contribution >= 0.6 is 0 Å². The van der Waals surface area contributed by atoms with E-state index in [4.69, 9.17) is 4.74 Å². The molecule has 0 spiro atoms. The molecular weight excluding hydrogens is 381 g/mol. The number of benzene rings is 2. The average molecular weight is 416 g/mol. The first kappa shape index (κ1) is 22.2. The van der Waals surface area contributed by atoms with Gasteiger partial charge in [-0.25, -0.2) is 4.39 Å². The Morgan fingerprint density at radius 1 is 1.07 bits per heavy atom. The van der Waals surface area contributed by atoms with Crippen LogP contribution in [0.2, 0.25) is 0 Å². The summed E-state index contributed by atoms with van der Waals surface area (Å²) < 4.78 is 19.0. The molecule has 1 aliphatic heterocycles. The van der Waals surface area contributed by atoms with E-state index < -0.39 is 0 Å². The molecule has 2 aromatic rings. The van der Waals surface area contributed by atoms with Crippen LogP contribution in [0.3, 0.4) is 0 Å². The Hall–Kier alpha value is -2.44. The molecule has 6 heteroatoms. The Morgan fingerprint density at radius 3 is 2.43 bits per heavy atom. The lowest BCUT2D eigenvalue weighted by molar-refractivity contribution is -1.02. The van der Waals surface area contributed by atoms with Gasteiger partial charge in [0.15, 0.2) is 6.54 Å². The first-order valence-electron chi connectivity index (χ1n) is 10.7. The Labute approximate surface area is 178 Å². The molecular formula is C24H34FN3O2+2. The van der Waals surface area contributed by atoms with Crippen LogP contribution in [0.4, 0.5) is 4.39 Å². The minimum Gasteiger partial charge on any atom is -0.496 e. The van der Waals surface area contributed by atoms with Crippen molar-refractivity contribution in [3.8, 4) is 5.75 Å². The van der Waals surface area contributed by atoms with Crippen molar-refractivity contribution >= 4 is 5.91 Å². The second kappa shape index (κ2) is 10.0. The minimum absolute atomic E-state index is 0.00329. The highest BCUT2D eigenvalue weighted by Crippen LogP contribution is 2.18. The second-order valence-corrected chi connectivity index (χ2v) is 8.44. The molecule has 0 unspecified atom stereocenters. The van der Waals surface area contributed by atoms with E-state index in [1.807, 2.05) is 6.92 Å². The maximum Gasteiger partial charge on any atom is 0.275 e. The van der Waals surface area contributed by atoms with Gasteiger partial charge in [-0.1, -0.05) is 18.2 Å². The van der Waals surface area contributed by atoms with Crippen molar-refractivity contribution in [2.45, 2.75) is 33.4 Å². The van der Waals surface area contributed by atoms with E-state index in [0.29, 0.717) is 6.54 Å². The molecule has 3 N–H and O–H groups in total. The molecule has 1 aliphatic rings. The summed E-state index contributed by atoms with van der Waals surface area (Å²) in [4.78, 5) is 15.2. The maximum absolute atomic E-state index is 13.6. The number of aryl methyl sites for hydroxylation is 2. The molecule has 0 radical (unpaired) electrons. The summed E-state index contributed by atoms with van der Waals surface area (Å²) in [5, 5.41) is 3.14. The third-order valence-electron chi connectivity index (χ3n) is 6.17. The van der Waals surface area contributed by atoms with Crippen LogP contribution in [0.1, 0.15) is 35.2 Å². The summed E-state index contributed by atoms with van der Waals surface area (Å²) in [5.74, 6) is 0.591. The Balaban J connectivity index is 1.46. The molecule has 162 valence electrons. The van der Waals surface area contributed by atoms with Crippen molar-refractivity contribution in [3.63, 3.8) is 0 Å². The zero-order valence-corrected chi connectivity index (χ0v) is 18.5. The third kappa shape index (κ3) is 5.80. The van der Waals surface area contributed by atoms with E-state index in [0.717, 1.165) is 49.6 Å². The normalized spacial score (nSPS) is 19.9. The average Bonchev–Trinajstić information content (AvgIpc) is 2.71. The van der Waals surface area contributed by atoms with Crippen molar-refractivity contribution < 1.29 is 23.7 Å². The van der Waals surface area contributed by atoms with Crippen molar-refractivity contribution in [1.29, 1.82) is 0 Å². The zero-order valence-electron chi connectivity index (χ0n) is 18.5. The van der Waals surface area contributed by atoms with Crippen molar-refractivity contribution in [2.75, 3.05) is 39.8 Å². The molecule has 2 aromatic carbocycles. The molecule has 30 heavy (non-hydrogen) atoms. The van der Waals surface area contributed by atoms with E-state index in [1.165, 1.54) is 27.0 Å². The third-order valence-corrected chi connectivity index (χ3v) is 6.17. The fourth-order valence-electron chi connectivity index (χ4n) is 4.10. The molecule has 1 heterocycles. The monoisotopic (exact) mass is 415 g/mol. The first-order chi connectivity index (χ1) is 14.4. The van der Waals surface area contributed by atoms with E-state index in [-0.39, 0.29) is 17.8 Å². The number of amides is 1. The highest BCUT2D eigenvalue weighted by atomic mass is 19.1. The number of carbonyl (C=O) groups is 1. The van der Waals surface area contributed by atoms with E-state index in [2.05, 4.69) is 37.4 Å². The quantitative estimate of drug-likeness (QED) is 0.621. The van der Waals surface area contributed by atoms with Crippen LogP contribution < -0.4 is 19.9 Å². The standard InChI is InChI=1S/C24H32FN3O2/c1-17-5-6-20(13-18(17)2)19(3)26-24(29)16-28-11-9-27(10-12-28)15-21-14-22(25)7-8-23(21)30-4/h5-8,13-14,19H,9-12,15-16H2,1-4H3,(H,26,29)/p+2/t19-/m1/s1. The van der Waals surface area contributed by atoms with Gasteiger partial charge < -0.3 is 19.9 Å². The number of ether oxygens (including phenoxy) is 1. The van der Waals surface area contributed by atoms with Gasteiger partial charge in [0.2, 0.25) is 0 Å². The number of nitrogens with one attached hydrogen (secondary N) is 3. The van der Waals surface area contributed by atoms with Crippen LogP contribution in [-0.4, -0.2) is 45.7 Å². The van der Waals surface area contributed by atoms with Crippen LogP contribution in [-0.2, 0) is 11.3 Å². The molecule has 1 saturated heterocycles. The molecule has 0 aromatic heterocycles. The van der Waals surface area contributed by atoms with Gasteiger partial charge in [-0.3, -0.25) is 4.79 Å². The van der Waals surface area contributed by atoms with Crippen molar-refractivity contribution in [3.05, 3.63) is 64.5 Å². The molecule has 1 fully saturated rings. The largest absolute Gasteiger partial charge is 0.496 e. The van der Waals surface area contributed by atoms with E-state index >= 15 is 0 Å². The predicted octanol–water partition coefficient (Wildman–Crippen LogP) is 0.612. The number of methoxy groups -OCH3 is 1. The van der Waals surface area contributed by atoms with Crippen molar-refractivity contribution in [1.82, 2.24) is 5.32 Å². The van der Waals surface area contributed by atoms with E-state index in [9.17, 15) is 9.18 Å². The number of piperazine rings is 1. The summed E-state index contributed by atoms with van der Waals surface area (Å²) in [6.07, 6.45) is 0. The summed E-state index contributed by atoms with van der Waals surface area (Å²) in [6.45, 7) is 11.2. The van der Waals surface area contributed by atoms with Crippen LogP contribution in [0.15, 0.2) is 36.4 Å². The van der Waals surface area contributed by atoms with Gasteiger partial charge in [-0.15, -0.1) is 0 Å². The van der Waals surface area contributed by atoms with Gasteiger partial charge in [-0.05, 0) is 55.7 Å². The number of quaternary nitrogens is 2. The second-order valence-electron chi connectivity index (χ2n) is 8.44. The molecule has 0 aliphatic carbocycles. The molecule has 1 atom stereocenters. The minimum atomic E-state index is -0.232. The molecule has 3 rings (SSSR count). The van der Waals surface area contributed by atoms with Crippen molar-refractivity contribution in [2.24, 2.45) is 0 Å². The maximum atomic E-state index is 13.6. The van der Waals surface area contributed by atoms with Crippen LogP contribution in [0.25, 0.3) is 0 Å². The highest BCUT2D eigenvalue weighted by molar-refractivity contribution is 5.77. The predicted molar refractivity (Wildman–Crippen MR) is 115 cm³/mol. The Bertz CT molecular complexity index is 879. The van der Waals surface area contributed by atoms with Gasteiger partial charge in [0.1, 0.15) is 44.3 Å². The number of hydrogen-bond donors (Lipinski definition) is 3.